The summed E-state index contributed by atoms with van der Waals surface area (Å²) in [6, 6.07) is 19.0. The van der Waals surface area contributed by atoms with Crippen LogP contribution in [0.5, 0.6) is 0 Å². The normalized spacial score (nSPS) is 11.2. The van der Waals surface area contributed by atoms with Crippen LogP contribution >= 0.6 is 11.8 Å². The van der Waals surface area contributed by atoms with Crippen molar-refractivity contribution in [3.63, 3.8) is 0 Å². The van der Waals surface area contributed by atoms with Gasteiger partial charge in [0.25, 0.3) is 11.8 Å². The first-order valence-corrected chi connectivity index (χ1v) is 11.2. The number of furan rings is 1. The van der Waals surface area contributed by atoms with Crippen LogP contribution in [0.15, 0.2) is 77.0 Å². The van der Waals surface area contributed by atoms with Crippen LogP contribution in [0.2, 0.25) is 0 Å². The predicted octanol–water partition coefficient (Wildman–Crippen LogP) is 4.72. The quantitative estimate of drug-likeness (QED) is 0.378. The molecule has 160 valence electrons. The number of hydrogen-bond acceptors (Lipinski definition) is 4. The van der Waals surface area contributed by atoms with Gasteiger partial charge in [0, 0.05) is 29.7 Å². The summed E-state index contributed by atoms with van der Waals surface area (Å²) in [5.74, 6) is 1.44. The van der Waals surface area contributed by atoms with E-state index in [1.165, 1.54) is 23.5 Å². The largest absolute Gasteiger partial charge is 0.465 e. The molecule has 6 heteroatoms. The van der Waals surface area contributed by atoms with E-state index in [9.17, 15) is 9.59 Å². The summed E-state index contributed by atoms with van der Waals surface area (Å²) in [5.41, 5.74) is 4.19. The van der Waals surface area contributed by atoms with Gasteiger partial charge in [0.2, 0.25) is 0 Å². The summed E-state index contributed by atoms with van der Waals surface area (Å²) in [6.07, 6.45) is 3.05. The summed E-state index contributed by atoms with van der Waals surface area (Å²) >= 11 is 1.75. The van der Waals surface area contributed by atoms with Gasteiger partial charge in [-0.25, -0.2) is 0 Å². The minimum absolute atomic E-state index is 0.143. The molecule has 5 nitrogen and oxygen atoms in total. The van der Waals surface area contributed by atoms with Crippen LogP contribution in [0.3, 0.4) is 0 Å². The monoisotopic (exact) mass is 434 g/mol. The Hall–Kier alpha value is -3.25. The van der Waals surface area contributed by atoms with Crippen molar-refractivity contribution in [1.29, 1.82) is 0 Å². The van der Waals surface area contributed by atoms with Gasteiger partial charge in [0.15, 0.2) is 0 Å². The van der Waals surface area contributed by atoms with Gasteiger partial charge in [-0.15, -0.1) is 0 Å². The lowest BCUT2D eigenvalue weighted by Gasteiger charge is -2.11. The molecule has 0 radical (unpaired) electrons. The van der Waals surface area contributed by atoms with Crippen LogP contribution < -0.4 is 10.6 Å². The van der Waals surface area contributed by atoms with E-state index >= 15 is 0 Å². The first kappa shape index (κ1) is 22.4. The first-order valence-electron chi connectivity index (χ1n) is 10.1. The van der Waals surface area contributed by atoms with Gasteiger partial charge in [0.05, 0.1) is 6.26 Å². The number of amides is 2. The summed E-state index contributed by atoms with van der Waals surface area (Å²) < 4.78 is 5.31. The number of hydrogen-bond donors (Lipinski definition) is 2. The Balaban J connectivity index is 1.56. The van der Waals surface area contributed by atoms with Crippen LogP contribution in [0.4, 0.5) is 0 Å². The Labute approximate surface area is 186 Å². The summed E-state index contributed by atoms with van der Waals surface area (Å²) in [4.78, 5) is 25.3. The molecule has 0 saturated heterocycles. The molecule has 0 unspecified atom stereocenters. The van der Waals surface area contributed by atoms with Crippen molar-refractivity contribution in [2.24, 2.45) is 0 Å². The molecule has 2 N–H and O–H groups in total. The van der Waals surface area contributed by atoms with Crippen molar-refractivity contribution in [1.82, 2.24) is 10.6 Å². The van der Waals surface area contributed by atoms with Crippen LogP contribution in [0, 0.1) is 13.8 Å². The van der Waals surface area contributed by atoms with Crippen molar-refractivity contribution < 1.29 is 14.0 Å². The van der Waals surface area contributed by atoms with Gasteiger partial charge in [0.1, 0.15) is 11.5 Å². The van der Waals surface area contributed by atoms with E-state index in [2.05, 4.69) is 41.8 Å². The number of thioether (sulfide) groups is 1. The van der Waals surface area contributed by atoms with E-state index in [-0.39, 0.29) is 17.5 Å². The van der Waals surface area contributed by atoms with Gasteiger partial charge >= 0.3 is 0 Å². The molecular weight excluding hydrogens is 408 g/mol. The molecule has 0 spiro atoms. The van der Waals surface area contributed by atoms with E-state index in [1.54, 1.807) is 36.0 Å². The zero-order valence-electron chi connectivity index (χ0n) is 17.7. The zero-order chi connectivity index (χ0) is 22.1. The highest BCUT2D eigenvalue weighted by molar-refractivity contribution is 7.98. The Bertz CT molecular complexity index is 1040. The third-order valence-electron chi connectivity index (χ3n) is 4.52. The van der Waals surface area contributed by atoms with Gasteiger partial charge in [-0.05, 0) is 43.7 Å². The Morgan fingerprint density at radius 3 is 2.52 bits per heavy atom. The molecule has 0 saturated carbocycles. The van der Waals surface area contributed by atoms with Crippen molar-refractivity contribution in [2.75, 3.05) is 12.3 Å². The number of carbonyl (C=O) groups excluding carboxylic acids is 2. The fraction of sp³-hybridized carbons (Fsp3) is 0.200. The van der Waals surface area contributed by atoms with Crippen molar-refractivity contribution >= 4 is 29.7 Å². The van der Waals surface area contributed by atoms with Crippen LogP contribution in [-0.2, 0) is 10.5 Å². The maximum absolute atomic E-state index is 12.7. The fourth-order valence-corrected chi connectivity index (χ4v) is 3.70. The molecule has 0 aliphatic rings. The van der Waals surface area contributed by atoms with Crippen molar-refractivity contribution in [3.05, 3.63) is 101 Å². The van der Waals surface area contributed by atoms with Gasteiger partial charge in [-0.1, -0.05) is 47.5 Å². The Morgan fingerprint density at radius 2 is 1.81 bits per heavy atom. The number of aryl methyl sites for hydroxylation is 2. The van der Waals surface area contributed by atoms with E-state index in [0.717, 1.165) is 17.1 Å². The van der Waals surface area contributed by atoms with Crippen molar-refractivity contribution in [3.8, 4) is 0 Å². The second kappa shape index (κ2) is 11.2. The molecule has 2 amide bonds. The second-order valence-corrected chi connectivity index (χ2v) is 8.30. The maximum Gasteiger partial charge on any atom is 0.267 e. The molecule has 0 aliphatic heterocycles. The molecule has 0 atom stereocenters. The lowest BCUT2D eigenvalue weighted by molar-refractivity contribution is -0.117. The molecule has 0 fully saturated rings. The molecular formula is C25H26N2O3S. The second-order valence-electron chi connectivity index (χ2n) is 7.19. The SMILES string of the molecule is Cc1ccc(C(=O)N/C(=C\c2ccco2)C(=O)NCCSCc2cccc(C)c2)cc1. The molecule has 0 aliphatic carbocycles. The van der Waals surface area contributed by atoms with Crippen LogP contribution in [0.25, 0.3) is 6.08 Å². The third kappa shape index (κ3) is 7.19. The molecule has 1 heterocycles. The summed E-state index contributed by atoms with van der Waals surface area (Å²) in [7, 11) is 0. The van der Waals surface area contributed by atoms with Crippen LogP contribution in [0.1, 0.15) is 32.8 Å². The predicted molar refractivity (Wildman–Crippen MR) is 126 cm³/mol. The topological polar surface area (TPSA) is 71.3 Å². The fourth-order valence-electron chi connectivity index (χ4n) is 2.90. The maximum atomic E-state index is 12.7. The molecule has 31 heavy (non-hydrogen) atoms. The highest BCUT2D eigenvalue weighted by Crippen LogP contribution is 2.13. The Kier molecular flexibility index (Phi) is 8.12. The number of benzene rings is 2. The minimum Gasteiger partial charge on any atom is -0.465 e. The molecule has 0 bridgehead atoms. The van der Waals surface area contributed by atoms with E-state index < -0.39 is 0 Å². The highest BCUT2D eigenvalue weighted by Gasteiger charge is 2.15. The minimum atomic E-state index is -0.354. The van der Waals surface area contributed by atoms with E-state index in [0.29, 0.717) is 17.9 Å². The number of carbonyl (C=O) groups is 2. The lowest BCUT2D eigenvalue weighted by atomic mass is 10.1. The van der Waals surface area contributed by atoms with Gasteiger partial charge < -0.3 is 15.1 Å². The average Bonchev–Trinajstić information content (AvgIpc) is 3.26. The van der Waals surface area contributed by atoms with Gasteiger partial charge in [-0.3, -0.25) is 9.59 Å². The van der Waals surface area contributed by atoms with Gasteiger partial charge in [-0.2, -0.15) is 11.8 Å². The molecule has 3 aromatic rings. The molecule has 2 aromatic carbocycles. The van der Waals surface area contributed by atoms with E-state index in [1.807, 2.05) is 19.1 Å². The third-order valence-corrected chi connectivity index (χ3v) is 5.55. The van der Waals surface area contributed by atoms with Crippen molar-refractivity contribution in [2.45, 2.75) is 19.6 Å². The molecule has 3 rings (SSSR count). The zero-order valence-corrected chi connectivity index (χ0v) is 18.5. The standard InChI is InChI=1S/C25H26N2O3S/c1-18-8-10-21(11-9-18)24(28)27-23(16-22-7-4-13-30-22)25(29)26-12-14-31-17-20-6-3-5-19(2)15-20/h3-11,13,15-16H,12,14,17H2,1-2H3,(H,26,29)(H,27,28)/b23-16-. The van der Waals surface area contributed by atoms with E-state index in [4.69, 9.17) is 4.42 Å². The molecule has 1 aromatic heterocycles. The number of rotatable bonds is 9. The smallest absolute Gasteiger partial charge is 0.267 e. The first-order chi connectivity index (χ1) is 15.0. The number of nitrogens with one attached hydrogen (secondary N) is 2. The summed E-state index contributed by atoms with van der Waals surface area (Å²) in [5, 5.41) is 5.58. The summed E-state index contributed by atoms with van der Waals surface area (Å²) in [6.45, 7) is 4.52. The Morgan fingerprint density at radius 1 is 1.00 bits per heavy atom. The van der Waals surface area contributed by atoms with Crippen LogP contribution in [-0.4, -0.2) is 24.1 Å². The average molecular weight is 435 g/mol. The highest BCUT2D eigenvalue weighted by atomic mass is 32.2. The lowest BCUT2D eigenvalue weighted by Crippen LogP contribution is -2.35.